The summed E-state index contributed by atoms with van der Waals surface area (Å²) in [5.41, 5.74) is 0. The number of hydrogen-bond donors (Lipinski definition) is 1. The first-order valence-corrected chi connectivity index (χ1v) is 8.04. The van der Waals surface area contributed by atoms with Crippen LogP contribution in [0.2, 0.25) is 5.28 Å². The van der Waals surface area contributed by atoms with E-state index < -0.39 is 0 Å². The molecule has 0 spiro atoms. The Bertz CT molecular complexity index is 447. The molecule has 0 bridgehead atoms. The molecule has 0 aliphatic carbocycles. The molecule has 118 valence electrons. The van der Waals surface area contributed by atoms with Crippen molar-refractivity contribution >= 4 is 23.5 Å². The first-order chi connectivity index (χ1) is 10.1. The van der Waals surface area contributed by atoms with Gasteiger partial charge >= 0.3 is 0 Å². The highest BCUT2D eigenvalue weighted by Gasteiger charge is 2.15. The van der Waals surface area contributed by atoms with Crippen LogP contribution in [0.1, 0.15) is 33.1 Å². The van der Waals surface area contributed by atoms with Gasteiger partial charge in [0.05, 0.1) is 0 Å². The Morgan fingerprint density at radius 2 is 1.90 bits per heavy atom. The Labute approximate surface area is 131 Å². The van der Waals surface area contributed by atoms with Crippen LogP contribution in [-0.2, 0) is 0 Å². The van der Waals surface area contributed by atoms with Crippen molar-refractivity contribution in [3.63, 3.8) is 0 Å². The minimum Gasteiger partial charge on any atom is -0.353 e. The Hall–Kier alpha value is -1.14. The minimum atomic E-state index is 0.255. The Morgan fingerprint density at radius 1 is 1.19 bits per heavy atom. The molecule has 7 heteroatoms. The lowest BCUT2D eigenvalue weighted by atomic mass is 10.1. The zero-order chi connectivity index (χ0) is 15.2. The summed E-state index contributed by atoms with van der Waals surface area (Å²) in [7, 11) is 2.10. The highest BCUT2D eigenvalue weighted by molar-refractivity contribution is 6.28. The molecule has 0 saturated carbocycles. The minimum absolute atomic E-state index is 0.255. The molecule has 0 atom stereocenters. The molecule has 21 heavy (non-hydrogen) atoms. The van der Waals surface area contributed by atoms with Gasteiger partial charge in [0, 0.05) is 32.2 Å². The smallest absolute Gasteiger partial charge is 0.231 e. The van der Waals surface area contributed by atoms with E-state index in [1.165, 1.54) is 19.3 Å². The van der Waals surface area contributed by atoms with Gasteiger partial charge in [-0.1, -0.05) is 0 Å². The van der Waals surface area contributed by atoms with Gasteiger partial charge in [0.1, 0.15) is 0 Å². The lowest BCUT2D eigenvalue weighted by molar-refractivity contribution is 0.284. The van der Waals surface area contributed by atoms with E-state index in [1.807, 2.05) is 0 Å². The average molecular weight is 313 g/mol. The van der Waals surface area contributed by atoms with E-state index in [-0.39, 0.29) is 5.28 Å². The largest absolute Gasteiger partial charge is 0.353 e. The third-order valence-electron chi connectivity index (χ3n) is 3.86. The van der Waals surface area contributed by atoms with Gasteiger partial charge in [0.15, 0.2) is 0 Å². The monoisotopic (exact) mass is 312 g/mol. The van der Waals surface area contributed by atoms with E-state index in [4.69, 9.17) is 11.6 Å². The Balaban J connectivity index is 1.95. The molecule has 6 nitrogen and oxygen atoms in total. The lowest BCUT2D eigenvalue weighted by Gasteiger charge is -2.26. The van der Waals surface area contributed by atoms with Gasteiger partial charge in [-0.05, 0) is 51.8 Å². The molecule has 0 amide bonds. The predicted molar refractivity (Wildman–Crippen MR) is 87.2 cm³/mol. The Morgan fingerprint density at radius 3 is 2.57 bits per heavy atom. The topological polar surface area (TPSA) is 57.2 Å². The van der Waals surface area contributed by atoms with Crippen molar-refractivity contribution in [1.29, 1.82) is 0 Å². The van der Waals surface area contributed by atoms with Gasteiger partial charge in [-0.3, -0.25) is 0 Å². The summed E-state index contributed by atoms with van der Waals surface area (Å²) >= 11 is 6.02. The number of nitrogens with zero attached hydrogens (tertiary/aromatic N) is 5. The maximum atomic E-state index is 6.02. The maximum absolute atomic E-state index is 6.02. The molecule has 1 aromatic rings. The molecule has 1 aliphatic heterocycles. The summed E-state index contributed by atoms with van der Waals surface area (Å²) in [6.07, 6.45) is 3.65. The molecule has 0 aromatic carbocycles. The standard InChI is InChI=1S/C14H25ClN6/c1-11(2)20(3)10-7-16-13-17-12(15)18-14(19-13)21-8-5-4-6-9-21/h11H,4-10H2,1-3H3,(H,16,17,18,19). The molecule has 2 heterocycles. The molecular weight excluding hydrogens is 288 g/mol. The first-order valence-electron chi connectivity index (χ1n) is 7.67. The molecule has 1 fully saturated rings. The van der Waals surface area contributed by atoms with Crippen molar-refractivity contribution in [3.05, 3.63) is 5.28 Å². The molecule has 0 radical (unpaired) electrons. The van der Waals surface area contributed by atoms with E-state index in [9.17, 15) is 0 Å². The molecule has 1 N–H and O–H groups in total. The number of rotatable bonds is 6. The number of hydrogen-bond acceptors (Lipinski definition) is 6. The lowest BCUT2D eigenvalue weighted by Crippen LogP contribution is -2.32. The van der Waals surface area contributed by atoms with Crippen LogP contribution in [0, 0.1) is 0 Å². The number of aromatic nitrogens is 3. The van der Waals surface area contributed by atoms with Gasteiger partial charge in [-0.2, -0.15) is 15.0 Å². The van der Waals surface area contributed by atoms with Crippen molar-refractivity contribution in [2.45, 2.75) is 39.2 Å². The highest BCUT2D eigenvalue weighted by Crippen LogP contribution is 2.18. The maximum Gasteiger partial charge on any atom is 0.231 e. The van der Waals surface area contributed by atoms with E-state index in [0.29, 0.717) is 17.9 Å². The molecule has 2 rings (SSSR count). The summed E-state index contributed by atoms with van der Waals surface area (Å²) < 4.78 is 0. The van der Waals surface area contributed by atoms with Crippen LogP contribution in [-0.4, -0.2) is 59.1 Å². The number of halogens is 1. The van der Waals surface area contributed by atoms with Crippen LogP contribution in [0.15, 0.2) is 0 Å². The molecular formula is C14H25ClN6. The van der Waals surface area contributed by atoms with Crippen molar-refractivity contribution in [2.75, 3.05) is 43.4 Å². The number of likely N-dealkylation sites (N-methyl/N-ethyl adjacent to an activating group) is 1. The SMILES string of the molecule is CC(C)N(C)CCNc1nc(Cl)nc(N2CCCCC2)n1. The van der Waals surface area contributed by atoms with E-state index in [2.05, 4.69) is 51.0 Å². The molecule has 0 unspecified atom stereocenters. The molecule has 1 aromatic heterocycles. The second kappa shape index (κ2) is 7.75. The van der Waals surface area contributed by atoms with Gasteiger partial charge in [0.2, 0.25) is 17.2 Å². The van der Waals surface area contributed by atoms with Gasteiger partial charge < -0.3 is 15.1 Å². The molecule has 1 aliphatic rings. The van der Waals surface area contributed by atoms with Gasteiger partial charge in [-0.15, -0.1) is 0 Å². The van der Waals surface area contributed by atoms with Crippen molar-refractivity contribution in [1.82, 2.24) is 19.9 Å². The summed E-state index contributed by atoms with van der Waals surface area (Å²) in [6, 6.07) is 0.526. The van der Waals surface area contributed by atoms with Gasteiger partial charge in [-0.25, -0.2) is 0 Å². The Kier molecular flexibility index (Phi) is 5.99. The third kappa shape index (κ3) is 4.97. The zero-order valence-corrected chi connectivity index (χ0v) is 13.9. The van der Waals surface area contributed by atoms with Crippen molar-refractivity contribution < 1.29 is 0 Å². The second-order valence-corrected chi connectivity index (χ2v) is 6.11. The highest BCUT2D eigenvalue weighted by atomic mass is 35.5. The summed E-state index contributed by atoms with van der Waals surface area (Å²) in [5, 5.41) is 3.49. The van der Waals surface area contributed by atoms with Crippen LogP contribution < -0.4 is 10.2 Å². The molecule has 1 saturated heterocycles. The van der Waals surface area contributed by atoms with Crippen molar-refractivity contribution in [3.8, 4) is 0 Å². The number of piperidine rings is 1. The van der Waals surface area contributed by atoms with E-state index in [0.717, 1.165) is 26.2 Å². The zero-order valence-electron chi connectivity index (χ0n) is 13.1. The van der Waals surface area contributed by atoms with Crippen molar-refractivity contribution in [2.24, 2.45) is 0 Å². The summed E-state index contributed by atoms with van der Waals surface area (Å²) in [5.74, 6) is 1.25. The van der Waals surface area contributed by atoms with E-state index >= 15 is 0 Å². The quantitative estimate of drug-likeness (QED) is 0.869. The second-order valence-electron chi connectivity index (χ2n) is 5.78. The normalized spacial score (nSPS) is 15.8. The number of anilines is 2. The summed E-state index contributed by atoms with van der Waals surface area (Å²) in [6.45, 7) is 8.06. The van der Waals surface area contributed by atoms with E-state index in [1.54, 1.807) is 0 Å². The fourth-order valence-electron chi connectivity index (χ4n) is 2.26. The third-order valence-corrected chi connectivity index (χ3v) is 4.03. The average Bonchev–Trinajstić information content (AvgIpc) is 2.47. The first kappa shape index (κ1) is 16.2. The van der Waals surface area contributed by atoms with Crippen LogP contribution in [0.3, 0.4) is 0 Å². The summed E-state index contributed by atoms with van der Waals surface area (Å²) in [4.78, 5) is 17.3. The fourth-order valence-corrected chi connectivity index (χ4v) is 2.41. The van der Waals surface area contributed by atoms with Crippen LogP contribution in [0.4, 0.5) is 11.9 Å². The van der Waals surface area contributed by atoms with Gasteiger partial charge in [0.25, 0.3) is 0 Å². The van der Waals surface area contributed by atoms with Crippen LogP contribution in [0.25, 0.3) is 0 Å². The number of nitrogens with one attached hydrogen (secondary N) is 1. The van der Waals surface area contributed by atoms with Crippen LogP contribution in [0.5, 0.6) is 0 Å². The predicted octanol–water partition coefficient (Wildman–Crippen LogP) is 2.27. The fraction of sp³-hybridized carbons (Fsp3) is 0.786. The van der Waals surface area contributed by atoms with Crippen LogP contribution >= 0.6 is 11.6 Å².